The highest BCUT2D eigenvalue weighted by molar-refractivity contribution is 7.98. The van der Waals surface area contributed by atoms with E-state index in [-0.39, 0.29) is 0 Å². The fourth-order valence-corrected chi connectivity index (χ4v) is 3.14. The minimum atomic E-state index is 0.651. The van der Waals surface area contributed by atoms with Crippen molar-refractivity contribution in [3.8, 4) is 0 Å². The summed E-state index contributed by atoms with van der Waals surface area (Å²) in [5, 5.41) is 0. The van der Waals surface area contributed by atoms with Crippen molar-refractivity contribution in [2.75, 3.05) is 0 Å². The highest BCUT2D eigenvalue weighted by atomic mass is 32.2. The second kappa shape index (κ2) is 8.56. The van der Waals surface area contributed by atoms with Gasteiger partial charge in [0.25, 0.3) is 0 Å². The normalized spacial score (nSPS) is 10.6. The molecule has 0 N–H and O–H groups in total. The fraction of sp³-hybridized carbons (Fsp3) is 0.143. The summed E-state index contributed by atoms with van der Waals surface area (Å²) in [4.78, 5) is 1.29. The Morgan fingerprint density at radius 3 is 1.70 bits per heavy atom. The highest BCUT2D eigenvalue weighted by Gasteiger charge is 1.98. The third-order valence-corrected chi connectivity index (χ3v) is 4.64. The van der Waals surface area contributed by atoms with E-state index < -0.39 is 0 Å². The summed E-state index contributed by atoms with van der Waals surface area (Å²) in [5.41, 5.74) is 3.78. The Bertz CT molecular complexity index is 693. The summed E-state index contributed by atoms with van der Waals surface area (Å²) in [6.07, 6.45) is 0. The molecule has 0 aliphatic carbocycles. The predicted molar refractivity (Wildman–Crippen MR) is 97.4 cm³/mol. The number of hydrogen-bond acceptors (Lipinski definition) is 2. The van der Waals surface area contributed by atoms with Crippen molar-refractivity contribution >= 4 is 11.8 Å². The summed E-state index contributed by atoms with van der Waals surface area (Å²) in [7, 11) is 0. The Balaban J connectivity index is 1.45. The number of hydrogen-bond donors (Lipinski definition) is 0. The molecule has 0 saturated carbocycles. The molecule has 116 valence electrons. The molecule has 23 heavy (non-hydrogen) atoms. The summed E-state index contributed by atoms with van der Waals surface area (Å²) in [5.74, 6) is 1.00. The Kier molecular flexibility index (Phi) is 5.90. The van der Waals surface area contributed by atoms with Gasteiger partial charge in [-0.05, 0) is 28.8 Å². The topological polar surface area (TPSA) is 9.23 Å². The van der Waals surface area contributed by atoms with Crippen molar-refractivity contribution in [3.63, 3.8) is 0 Å². The van der Waals surface area contributed by atoms with E-state index in [0.717, 1.165) is 5.75 Å². The van der Waals surface area contributed by atoms with E-state index in [0.29, 0.717) is 13.2 Å². The minimum Gasteiger partial charge on any atom is -0.372 e. The third-order valence-electron chi connectivity index (χ3n) is 3.55. The first-order valence-electron chi connectivity index (χ1n) is 7.77. The van der Waals surface area contributed by atoms with Crippen LogP contribution in [0.1, 0.15) is 16.7 Å². The summed E-state index contributed by atoms with van der Waals surface area (Å²) < 4.78 is 5.77. The lowest BCUT2D eigenvalue weighted by Crippen LogP contribution is -1.93. The molecule has 0 spiro atoms. The Hall–Kier alpha value is -2.03. The van der Waals surface area contributed by atoms with Crippen molar-refractivity contribution in [1.29, 1.82) is 0 Å². The van der Waals surface area contributed by atoms with Crippen molar-refractivity contribution in [3.05, 3.63) is 102 Å². The van der Waals surface area contributed by atoms with E-state index in [2.05, 4.69) is 66.7 Å². The second-order valence-electron chi connectivity index (χ2n) is 5.40. The van der Waals surface area contributed by atoms with Crippen LogP contribution in [0.25, 0.3) is 0 Å². The predicted octanol–water partition coefficient (Wildman–Crippen LogP) is 5.70. The highest BCUT2D eigenvalue weighted by Crippen LogP contribution is 2.23. The van der Waals surface area contributed by atoms with Gasteiger partial charge in [-0.1, -0.05) is 72.8 Å². The summed E-state index contributed by atoms with van der Waals surface area (Å²) in [6, 6.07) is 29.5. The van der Waals surface area contributed by atoms with Crippen LogP contribution < -0.4 is 0 Å². The molecule has 0 heterocycles. The van der Waals surface area contributed by atoms with Gasteiger partial charge in [-0.3, -0.25) is 0 Å². The first-order valence-corrected chi connectivity index (χ1v) is 8.76. The van der Waals surface area contributed by atoms with Crippen LogP contribution >= 0.6 is 11.8 Å². The molecular formula is C21H20OS. The van der Waals surface area contributed by atoms with Crippen LogP contribution in [0.2, 0.25) is 0 Å². The minimum absolute atomic E-state index is 0.651. The number of ether oxygens (including phenoxy) is 1. The van der Waals surface area contributed by atoms with Crippen LogP contribution in [-0.2, 0) is 23.7 Å². The second-order valence-corrected chi connectivity index (χ2v) is 6.45. The molecule has 3 aromatic rings. The van der Waals surface area contributed by atoms with Crippen LogP contribution in [0.4, 0.5) is 0 Å². The standard InChI is InChI=1S/C21H20OS/c1-3-7-18(8-4-1)15-22-16-19-11-13-21(14-12-19)23-17-20-9-5-2-6-10-20/h1-14H,15-17H2. The van der Waals surface area contributed by atoms with Crippen molar-refractivity contribution in [1.82, 2.24) is 0 Å². The smallest absolute Gasteiger partial charge is 0.0721 e. The van der Waals surface area contributed by atoms with Gasteiger partial charge in [-0.15, -0.1) is 11.8 Å². The number of benzene rings is 3. The molecule has 3 rings (SSSR count). The number of rotatable bonds is 7. The molecule has 0 aliphatic heterocycles. The van der Waals surface area contributed by atoms with Crippen molar-refractivity contribution in [2.24, 2.45) is 0 Å². The largest absolute Gasteiger partial charge is 0.372 e. The molecule has 0 aliphatic rings. The van der Waals surface area contributed by atoms with Gasteiger partial charge in [-0.25, -0.2) is 0 Å². The van der Waals surface area contributed by atoms with Crippen LogP contribution in [0.3, 0.4) is 0 Å². The molecule has 0 saturated heterocycles. The zero-order valence-electron chi connectivity index (χ0n) is 13.0. The SMILES string of the molecule is c1ccc(COCc2ccc(SCc3ccccc3)cc2)cc1. The maximum absolute atomic E-state index is 5.77. The maximum atomic E-state index is 5.77. The zero-order chi connectivity index (χ0) is 15.7. The van der Waals surface area contributed by atoms with Gasteiger partial charge in [-0.2, -0.15) is 0 Å². The first kappa shape index (κ1) is 15.9. The fourth-order valence-electron chi connectivity index (χ4n) is 2.28. The number of thioether (sulfide) groups is 1. The van der Waals surface area contributed by atoms with Crippen molar-refractivity contribution < 1.29 is 4.74 Å². The first-order chi connectivity index (χ1) is 11.4. The molecular weight excluding hydrogens is 300 g/mol. The molecule has 2 heteroatoms. The lowest BCUT2D eigenvalue weighted by molar-refractivity contribution is 0.107. The molecule has 0 aromatic heterocycles. The van der Waals surface area contributed by atoms with E-state index in [1.807, 2.05) is 30.0 Å². The van der Waals surface area contributed by atoms with Crippen LogP contribution in [0.5, 0.6) is 0 Å². The summed E-state index contributed by atoms with van der Waals surface area (Å²) in [6.45, 7) is 1.31. The monoisotopic (exact) mass is 320 g/mol. The molecule has 3 aromatic carbocycles. The van der Waals surface area contributed by atoms with Gasteiger partial charge in [0, 0.05) is 10.6 Å². The zero-order valence-corrected chi connectivity index (χ0v) is 13.8. The Morgan fingerprint density at radius 2 is 1.09 bits per heavy atom. The Morgan fingerprint density at radius 1 is 0.565 bits per heavy atom. The van der Waals surface area contributed by atoms with Gasteiger partial charge in [0.15, 0.2) is 0 Å². The molecule has 0 radical (unpaired) electrons. The lowest BCUT2D eigenvalue weighted by Gasteiger charge is -2.06. The lowest BCUT2D eigenvalue weighted by atomic mass is 10.2. The van der Waals surface area contributed by atoms with E-state index >= 15 is 0 Å². The van der Waals surface area contributed by atoms with Crippen molar-refractivity contribution in [2.45, 2.75) is 23.9 Å². The van der Waals surface area contributed by atoms with E-state index in [1.165, 1.54) is 21.6 Å². The Labute approximate surface area is 142 Å². The van der Waals surface area contributed by atoms with Crippen LogP contribution in [0, 0.1) is 0 Å². The van der Waals surface area contributed by atoms with E-state index in [4.69, 9.17) is 4.74 Å². The molecule has 0 atom stereocenters. The van der Waals surface area contributed by atoms with Gasteiger partial charge in [0.05, 0.1) is 13.2 Å². The van der Waals surface area contributed by atoms with E-state index in [9.17, 15) is 0 Å². The average molecular weight is 320 g/mol. The van der Waals surface area contributed by atoms with Crippen LogP contribution in [0.15, 0.2) is 89.8 Å². The van der Waals surface area contributed by atoms with Gasteiger partial charge >= 0.3 is 0 Å². The average Bonchev–Trinajstić information content (AvgIpc) is 2.63. The third kappa shape index (κ3) is 5.27. The van der Waals surface area contributed by atoms with E-state index in [1.54, 1.807) is 0 Å². The molecule has 0 bridgehead atoms. The molecule has 0 fully saturated rings. The molecule has 1 nitrogen and oxygen atoms in total. The molecule has 0 unspecified atom stereocenters. The maximum Gasteiger partial charge on any atom is 0.0721 e. The quantitative estimate of drug-likeness (QED) is 0.517. The van der Waals surface area contributed by atoms with Gasteiger partial charge in [0.1, 0.15) is 0 Å². The van der Waals surface area contributed by atoms with Gasteiger partial charge in [0.2, 0.25) is 0 Å². The van der Waals surface area contributed by atoms with Gasteiger partial charge < -0.3 is 4.74 Å². The van der Waals surface area contributed by atoms with Crippen LogP contribution in [-0.4, -0.2) is 0 Å². The molecule has 0 amide bonds. The summed E-state index contributed by atoms with van der Waals surface area (Å²) >= 11 is 1.86.